The van der Waals surface area contributed by atoms with E-state index in [9.17, 15) is 0 Å². The summed E-state index contributed by atoms with van der Waals surface area (Å²) in [4.78, 5) is 6.81. The van der Waals surface area contributed by atoms with Gasteiger partial charge >= 0.3 is 0 Å². The van der Waals surface area contributed by atoms with Crippen molar-refractivity contribution in [3.05, 3.63) is 24.0 Å². The van der Waals surface area contributed by atoms with Gasteiger partial charge in [0.1, 0.15) is 0 Å². The number of anilines is 1. The Bertz CT molecular complexity index is 395. The number of aromatic nitrogens is 1. The lowest BCUT2D eigenvalue weighted by atomic mass is 10.1. The first-order valence-electron chi connectivity index (χ1n) is 8.07. The largest absolute Gasteiger partial charge is 0.370 e. The Labute approximate surface area is 123 Å². The fourth-order valence-electron chi connectivity index (χ4n) is 3.04. The molecule has 1 aromatic rings. The van der Waals surface area contributed by atoms with Gasteiger partial charge in [0.2, 0.25) is 0 Å². The summed E-state index contributed by atoms with van der Waals surface area (Å²) in [6.07, 6.45) is 12.1. The molecule has 1 aromatic heterocycles. The SMILES string of the molecule is CC(C)NCc1ccncc1N(C)C1CCCCCC1. The van der Waals surface area contributed by atoms with E-state index in [1.165, 1.54) is 49.8 Å². The van der Waals surface area contributed by atoms with Gasteiger partial charge < -0.3 is 10.2 Å². The second-order valence-corrected chi connectivity index (χ2v) is 6.30. The molecule has 3 heteroatoms. The van der Waals surface area contributed by atoms with Gasteiger partial charge in [0.15, 0.2) is 0 Å². The number of nitrogens with zero attached hydrogens (tertiary/aromatic N) is 2. The van der Waals surface area contributed by atoms with Gasteiger partial charge in [-0.3, -0.25) is 4.98 Å². The molecule has 112 valence electrons. The zero-order chi connectivity index (χ0) is 14.4. The van der Waals surface area contributed by atoms with E-state index in [-0.39, 0.29) is 0 Å². The minimum absolute atomic E-state index is 0.513. The third-order valence-electron chi connectivity index (χ3n) is 4.34. The number of nitrogens with one attached hydrogen (secondary N) is 1. The van der Waals surface area contributed by atoms with Crippen LogP contribution >= 0.6 is 0 Å². The van der Waals surface area contributed by atoms with E-state index in [1.54, 1.807) is 0 Å². The molecular weight excluding hydrogens is 246 g/mol. The molecule has 0 aromatic carbocycles. The quantitative estimate of drug-likeness (QED) is 0.830. The first-order chi connectivity index (χ1) is 9.68. The predicted molar refractivity (Wildman–Crippen MR) is 86.1 cm³/mol. The summed E-state index contributed by atoms with van der Waals surface area (Å²) in [5, 5.41) is 3.52. The van der Waals surface area contributed by atoms with E-state index < -0.39 is 0 Å². The average Bonchev–Trinajstić information content (AvgIpc) is 2.73. The number of pyridine rings is 1. The van der Waals surface area contributed by atoms with E-state index in [0.29, 0.717) is 12.1 Å². The van der Waals surface area contributed by atoms with Gasteiger partial charge in [0, 0.05) is 31.9 Å². The maximum absolute atomic E-state index is 4.34. The summed E-state index contributed by atoms with van der Waals surface area (Å²) in [6, 6.07) is 3.34. The third-order valence-corrected chi connectivity index (χ3v) is 4.34. The van der Waals surface area contributed by atoms with Crippen molar-refractivity contribution in [2.45, 2.75) is 71.0 Å². The van der Waals surface area contributed by atoms with Crippen molar-refractivity contribution in [2.75, 3.05) is 11.9 Å². The second kappa shape index (κ2) is 7.63. The molecule has 1 aliphatic rings. The van der Waals surface area contributed by atoms with Crippen molar-refractivity contribution in [3.63, 3.8) is 0 Å². The van der Waals surface area contributed by atoms with Crippen molar-refractivity contribution < 1.29 is 0 Å². The average molecular weight is 275 g/mol. The lowest BCUT2D eigenvalue weighted by molar-refractivity contribution is 0.546. The van der Waals surface area contributed by atoms with E-state index >= 15 is 0 Å². The maximum atomic E-state index is 4.34. The highest BCUT2D eigenvalue weighted by molar-refractivity contribution is 5.51. The van der Waals surface area contributed by atoms with Crippen LogP contribution in [0.15, 0.2) is 18.5 Å². The molecule has 0 bridgehead atoms. The Hall–Kier alpha value is -1.09. The van der Waals surface area contributed by atoms with Crippen molar-refractivity contribution in [3.8, 4) is 0 Å². The van der Waals surface area contributed by atoms with Crippen LogP contribution in [-0.2, 0) is 6.54 Å². The molecule has 0 saturated heterocycles. The van der Waals surface area contributed by atoms with Crippen LogP contribution in [0.4, 0.5) is 5.69 Å². The molecule has 0 radical (unpaired) electrons. The Kier molecular flexibility index (Phi) is 5.84. The molecule has 0 spiro atoms. The van der Waals surface area contributed by atoms with Crippen molar-refractivity contribution in [2.24, 2.45) is 0 Å². The van der Waals surface area contributed by atoms with Gasteiger partial charge in [-0.15, -0.1) is 0 Å². The molecule has 0 amide bonds. The summed E-state index contributed by atoms with van der Waals surface area (Å²) < 4.78 is 0. The van der Waals surface area contributed by atoms with Gasteiger partial charge in [-0.25, -0.2) is 0 Å². The van der Waals surface area contributed by atoms with Gasteiger partial charge in [-0.05, 0) is 24.5 Å². The maximum Gasteiger partial charge on any atom is 0.0598 e. The van der Waals surface area contributed by atoms with Crippen molar-refractivity contribution in [1.29, 1.82) is 0 Å². The molecule has 1 N–H and O–H groups in total. The molecule has 2 rings (SSSR count). The van der Waals surface area contributed by atoms with Crippen LogP contribution < -0.4 is 10.2 Å². The summed E-state index contributed by atoms with van der Waals surface area (Å²) >= 11 is 0. The van der Waals surface area contributed by atoms with Crippen LogP contribution in [-0.4, -0.2) is 24.1 Å². The molecule has 3 nitrogen and oxygen atoms in total. The Balaban J connectivity index is 2.09. The van der Waals surface area contributed by atoms with Crippen LogP contribution in [0.2, 0.25) is 0 Å². The highest BCUT2D eigenvalue weighted by Gasteiger charge is 2.19. The zero-order valence-electron chi connectivity index (χ0n) is 13.2. The summed E-state index contributed by atoms with van der Waals surface area (Å²) in [6.45, 7) is 5.30. The molecule has 0 atom stereocenters. The van der Waals surface area contributed by atoms with E-state index in [0.717, 1.165) is 6.54 Å². The Morgan fingerprint density at radius 2 is 1.95 bits per heavy atom. The minimum Gasteiger partial charge on any atom is -0.370 e. The van der Waals surface area contributed by atoms with Crippen LogP contribution in [0.3, 0.4) is 0 Å². The molecule has 1 aliphatic carbocycles. The fraction of sp³-hybridized carbons (Fsp3) is 0.706. The number of hydrogen-bond acceptors (Lipinski definition) is 3. The Morgan fingerprint density at radius 1 is 1.25 bits per heavy atom. The van der Waals surface area contributed by atoms with E-state index in [1.807, 2.05) is 12.4 Å². The second-order valence-electron chi connectivity index (χ2n) is 6.30. The molecule has 1 heterocycles. The summed E-state index contributed by atoms with van der Waals surface area (Å²) in [5.74, 6) is 0. The van der Waals surface area contributed by atoms with E-state index in [2.05, 4.69) is 42.2 Å². The fourth-order valence-corrected chi connectivity index (χ4v) is 3.04. The van der Waals surface area contributed by atoms with Gasteiger partial charge in [-0.2, -0.15) is 0 Å². The van der Waals surface area contributed by atoms with Crippen LogP contribution in [0.1, 0.15) is 57.9 Å². The van der Waals surface area contributed by atoms with Gasteiger partial charge in [0.05, 0.1) is 11.9 Å². The van der Waals surface area contributed by atoms with Crippen LogP contribution in [0, 0.1) is 0 Å². The van der Waals surface area contributed by atoms with Crippen molar-refractivity contribution in [1.82, 2.24) is 10.3 Å². The molecule has 0 aliphatic heterocycles. The molecule has 1 saturated carbocycles. The highest BCUT2D eigenvalue weighted by atomic mass is 15.1. The molecule has 1 fully saturated rings. The third kappa shape index (κ3) is 4.20. The molecule has 0 unspecified atom stereocenters. The lowest BCUT2D eigenvalue weighted by Gasteiger charge is -2.31. The standard InChI is InChI=1S/C17H29N3/c1-14(2)19-12-15-10-11-18-13-17(15)20(3)16-8-6-4-5-7-9-16/h10-11,13-14,16,19H,4-9,12H2,1-3H3. The smallest absolute Gasteiger partial charge is 0.0598 e. The number of hydrogen-bond donors (Lipinski definition) is 1. The summed E-state index contributed by atoms with van der Waals surface area (Å²) in [5.41, 5.74) is 2.66. The van der Waals surface area contributed by atoms with Gasteiger partial charge in [-0.1, -0.05) is 39.5 Å². The first kappa shape index (κ1) is 15.3. The summed E-state index contributed by atoms with van der Waals surface area (Å²) in [7, 11) is 2.24. The minimum atomic E-state index is 0.513. The number of rotatable bonds is 5. The highest BCUT2D eigenvalue weighted by Crippen LogP contribution is 2.27. The van der Waals surface area contributed by atoms with Crippen molar-refractivity contribution >= 4 is 5.69 Å². The predicted octanol–water partition coefficient (Wildman–Crippen LogP) is 3.74. The Morgan fingerprint density at radius 3 is 2.60 bits per heavy atom. The zero-order valence-corrected chi connectivity index (χ0v) is 13.2. The van der Waals surface area contributed by atoms with Gasteiger partial charge in [0.25, 0.3) is 0 Å². The van der Waals surface area contributed by atoms with Crippen LogP contribution in [0.5, 0.6) is 0 Å². The first-order valence-corrected chi connectivity index (χ1v) is 8.07. The molecular formula is C17H29N3. The molecule has 20 heavy (non-hydrogen) atoms. The topological polar surface area (TPSA) is 28.2 Å². The van der Waals surface area contributed by atoms with Crippen LogP contribution in [0.25, 0.3) is 0 Å². The lowest BCUT2D eigenvalue weighted by Crippen LogP contribution is -2.33. The normalized spacial score (nSPS) is 17.2. The monoisotopic (exact) mass is 275 g/mol. The van der Waals surface area contributed by atoms with E-state index in [4.69, 9.17) is 0 Å².